The van der Waals surface area contributed by atoms with Gasteiger partial charge < -0.3 is 10.6 Å². The smallest absolute Gasteiger partial charge is 0.239 e. The number of carbonyl (C=O) groups excluding carboxylic acids is 1. The van der Waals surface area contributed by atoms with Crippen molar-refractivity contribution in [2.75, 3.05) is 11.9 Å². The molecule has 0 aromatic carbocycles. The molecule has 0 saturated heterocycles. The van der Waals surface area contributed by atoms with Crippen LogP contribution in [0.25, 0.3) is 0 Å². The summed E-state index contributed by atoms with van der Waals surface area (Å²) in [6, 6.07) is 5.71. The van der Waals surface area contributed by atoms with Gasteiger partial charge in [-0.3, -0.25) is 4.79 Å². The lowest BCUT2D eigenvalue weighted by atomic mass is 10.3. The summed E-state index contributed by atoms with van der Waals surface area (Å²) in [5, 5.41) is 14.3. The summed E-state index contributed by atoms with van der Waals surface area (Å²) in [5.41, 5.74) is 0.507. The number of pyridine rings is 1. The maximum Gasteiger partial charge on any atom is 0.239 e. The van der Waals surface area contributed by atoms with Gasteiger partial charge in [0.15, 0.2) is 0 Å². The molecule has 82 valence electrons. The molecule has 0 unspecified atom stereocenters. The molecule has 0 aliphatic heterocycles. The van der Waals surface area contributed by atoms with Crippen molar-refractivity contribution in [3.05, 3.63) is 23.9 Å². The van der Waals surface area contributed by atoms with Crippen molar-refractivity contribution in [1.82, 2.24) is 10.3 Å². The van der Waals surface area contributed by atoms with E-state index in [1.54, 1.807) is 12.1 Å². The Morgan fingerprint density at radius 1 is 1.56 bits per heavy atom. The maximum atomic E-state index is 11.3. The fraction of sp³-hybridized carbons (Fsp3) is 0.364. The van der Waals surface area contributed by atoms with E-state index in [1.807, 2.05) is 6.07 Å². The van der Waals surface area contributed by atoms with Crippen LogP contribution in [0.3, 0.4) is 0 Å². The molecular formula is C11H12N4O. The predicted octanol–water partition coefficient (Wildman–Crippen LogP) is 0.644. The Balaban J connectivity index is 1.79. The molecule has 1 aromatic rings. The number of carbonyl (C=O) groups is 1. The molecule has 1 saturated carbocycles. The van der Waals surface area contributed by atoms with Gasteiger partial charge in [0, 0.05) is 12.2 Å². The molecule has 0 spiro atoms. The van der Waals surface area contributed by atoms with Crippen LogP contribution in [-0.2, 0) is 4.79 Å². The van der Waals surface area contributed by atoms with E-state index in [0.717, 1.165) is 12.8 Å². The van der Waals surface area contributed by atoms with Crippen LogP contribution in [0.4, 0.5) is 5.82 Å². The van der Waals surface area contributed by atoms with E-state index in [9.17, 15) is 4.79 Å². The second-order valence-electron chi connectivity index (χ2n) is 3.74. The highest BCUT2D eigenvalue weighted by molar-refractivity contribution is 5.80. The molecule has 1 fully saturated rings. The van der Waals surface area contributed by atoms with Gasteiger partial charge in [-0.25, -0.2) is 4.98 Å². The van der Waals surface area contributed by atoms with Gasteiger partial charge in [-0.1, -0.05) is 0 Å². The first kappa shape index (κ1) is 10.4. The van der Waals surface area contributed by atoms with Crippen LogP contribution in [0.5, 0.6) is 0 Å². The van der Waals surface area contributed by atoms with Crippen LogP contribution in [-0.4, -0.2) is 23.5 Å². The number of nitriles is 1. The van der Waals surface area contributed by atoms with Crippen LogP contribution < -0.4 is 10.6 Å². The van der Waals surface area contributed by atoms with Crippen molar-refractivity contribution in [1.29, 1.82) is 5.26 Å². The molecule has 0 bridgehead atoms. The van der Waals surface area contributed by atoms with E-state index >= 15 is 0 Å². The van der Waals surface area contributed by atoms with Gasteiger partial charge >= 0.3 is 0 Å². The Hall–Kier alpha value is -2.09. The molecule has 1 amide bonds. The van der Waals surface area contributed by atoms with Crippen LogP contribution in [0, 0.1) is 11.3 Å². The van der Waals surface area contributed by atoms with E-state index in [-0.39, 0.29) is 12.5 Å². The Morgan fingerprint density at radius 3 is 2.94 bits per heavy atom. The maximum absolute atomic E-state index is 11.3. The SMILES string of the molecule is N#Cc1ccc(NCC(=O)NC2CC2)nc1. The molecule has 2 rings (SSSR count). The zero-order chi connectivity index (χ0) is 11.4. The molecule has 1 heterocycles. The molecule has 0 radical (unpaired) electrons. The lowest BCUT2D eigenvalue weighted by Gasteiger charge is -2.05. The molecule has 5 nitrogen and oxygen atoms in total. The van der Waals surface area contributed by atoms with E-state index in [1.165, 1.54) is 6.20 Å². The van der Waals surface area contributed by atoms with Crippen molar-refractivity contribution in [2.24, 2.45) is 0 Å². The van der Waals surface area contributed by atoms with Crippen LogP contribution in [0.15, 0.2) is 18.3 Å². The Bertz CT molecular complexity index is 417. The second kappa shape index (κ2) is 4.62. The zero-order valence-electron chi connectivity index (χ0n) is 8.73. The zero-order valence-corrected chi connectivity index (χ0v) is 8.73. The van der Waals surface area contributed by atoms with Gasteiger partial charge in [0.25, 0.3) is 0 Å². The van der Waals surface area contributed by atoms with E-state index < -0.39 is 0 Å². The minimum absolute atomic E-state index is 0.0198. The number of hydrogen-bond donors (Lipinski definition) is 2. The fourth-order valence-electron chi connectivity index (χ4n) is 1.24. The quantitative estimate of drug-likeness (QED) is 0.774. The molecule has 5 heteroatoms. The second-order valence-corrected chi connectivity index (χ2v) is 3.74. The van der Waals surface area contributed by atoms with Crippen molar-refractivity contribution in [3.8, 4) is 6.07 Å². The number of nitrogens with one attached hydrogen (secondary N) is 2. The van der Waals surface area contributed by atoms with Crippen molar-refractivity contribution in [2.45, 2.75) is 18.9 Å². The summed E-state index contributed by atoms with van der Waals surface area (Å²) in [7, 11) is 0. The van der Waals surface area contributed by atoms with E-state index in [4.69, 9.17) is 5.26 Å². The van der Waals surface area contributed by atoms with Gasteiger partial charge in [-0.05, 0) is 25.0 Å². The van der Waals surface area contributed by atoms with Gasteiger partial charge in [0.2, 0.25) is 5.91 Å². The normalized spacial score (nSPS) is 13.9. The summed E-state index contributed by atoms with van der Waals surface area (Å²) in [4.78, 5) is 15.3. The number of amides is 1. The third-order valence-electron chi connectivity index (χ3n) is 2.27. The molecular weight excluding hydrogens is 204 g/mol. The number of nitrogens with zero attached hydrogens (tertiary/aromatic N) is 2. The summed E-state index contributed by atoms with van der Waals surface area (Å²) >= 11 is 0. The minimum Gasteiger partial charge on any atom is -0.361 e. The number of anilines is 1. The minimum atomic E-state index is -0.0198. The van der Waals surface area contributed by atoms with Crippen LogP contribution >= 0.6 is 0 Å². The first-order chi connectivity index (χ1) is 7.78. The highest BCUT2D eigenvalue weighted by atomic mass is 16.2. The number of aromatic nitrogens is 1. The fourth-order valence-corrected chi connectivity index (χ4v) is 1.24. The summed E-state index contributed by atoms with van der Waals surface area (Å²) in [5.74, 6) is 0.582. The van der Waals surface area contributed by atoms with Gasteiger partial charge in [-0.2, -0.15) is 5.26 Å². The predicted molar refractivity (Wildman–Crippen MR) is 58.6 cm³/mol. The third-order valence-corrected chi connectivity index (χ3v) is 2.27. The third kappa shape index (κ3) is 2.95. The highest BCUT2D eigenvalue weighted by Crippen LogP contribution is 2.18. The standard InChI is InChI=1S/C11H12N4O/c12-5-8-1-4-10(13-6-8)14-7-11(16)15-9-2-3-9/h1,4,6,9H,2-3,7H2,(H,13,14)(H,15,16). The van der Waals surface area contributed by atoms with Crippen molar-refractivity contribution >= 4 is 11.7 Å². The van der Waals surface area contributed by atoms with Gasteiger partial charge in [0.05, 0.1) is 12.1 Å². The van der Waals surface area contributed by atoms with E-state index in [0.29, 0.717) is 17.4 Å². The summed E-state index contributed by atoms with van der Waals surface area (Å²) in [6.07, 6.45) is 3.64. The lowest BCUT2D eigenvalue weighted by Crippen LogP contribution is -2.31. The molecule has 2 N–H and O–H groups in total. The first-order valence-electron chi connectivity index (χ1n) is 5.17. The van der Waals surface area contributed by atoms with E-state index in [2.05, 4.69) is 15.6 Å². The largest absolute Gasteiger partial charge is 0.361 e. The van der Waals surface area contributed by atoms with Crippen LogP contribution in [0.1, 0.15) is 18.4 Å². The van der Waals surface area contributed by atoms with Gasteiger partial charge in [-0.15, -0.1) is 0 Å². The summed E-state index contributed by atoms with van der Waals surface area (Å²) < 4.78 is 0. The highest BCUT2D eigenvalue weighted by Gasteiger charge is 2.22. The van der Waals surface area contributed by atoms with Crippen molar-refractivity contribution in [3.63, 3.8) is 0 Å². The monoisotopic (exact) mass is 216 g/mol. The molecule has 16 heavy (non-hydrogen) atoms. The first-order valence-corrected chi connectivity index (χ1v) is 5.17. The average Bonchev–Trinajstić information content (AvgIpc) is 3.11. The Morgan fingerprint density at radius 2 is 2.38 bits per heavy atom. The molecule has 1 aliphatic carbocycles. The lowest BCUT2D eigenvalue weighted by molar-refractivity contribution is -0.119. The average molecular weight is 216 g/mol. The number of rotatable bonds is 4. The number of hydrogen-bond acceptors (Lipinski definition) is 4. The molecule has 0 atom stereocenters. The Kier molecular flexibility index (Phi) is 3.01. The van der Waals surface area contributed by atoms with Crippen molar-refractivity contribution < 1.29 is 4.79 Å². The molecule has 1 aliphatic rings. The summed E-state index contributed by atoms with van der Waals surface area (Å²) in [6.45, 7) is 0.218. The topological polar surface area (TPSA) is 77.8 Å². The van der Waals surface area contributed by atoms with Crippen LogP contribution in [0.2, 0.25) is 0 Å². The Labute approximate surface area is 93.5 Å². The van der Waals surface area contributed by atoms with Gasteiger partial charge in [0.1, 0.15) is 11.9 Å². The molecule has 1 aromatic heterocycles.